The molecule has 2 rings (SSSR count). The van der Waals surface area contributed by atoms with E-state index in [0.717, 1.165) is 29.0 Å². The van der Waals surface area contributed by atoms with E-state index in [1.165, 1.54) is 5.56 Å². The lowest BCUT2D eigenvalue weighted by Crippen LogP contribution is -2.30. The van der Waals surface area contributed by atoms with Gasteiger partial charge in [0.2, 0.25) is 0 Å². The smallest absolute Gasteiger partial charge is 0.177 e. The third-order valence-electron chi connectivity index (χ3n) is 3.73. The number of furan rings is 1. The summed E-state index contributed by atoms with van der Waals surface area (Å²) in [5.41, 5.74) is 4.18. The van der Waals surface area contributed by atoms with Crippen molar-refractivity contribution < 1.29 is 9.21 Å². The van der Waals surface area contributed by atoms with Crippen molar-refractivity contribution in [3.05, 3.63) is 58.5 Å². The zero-order valence-corrected chi connectivity index (χ0v) is 13.3. The van der Waals surface area contributed by atoms with Gasteiger partial charge >= 0.3 is 0 Å². The minimum absolute atomic E-state index is 0.179. The Morgan fingerprint density at radius 2 is 1.86 bits per heavy atom. The molecule has 0 fully saturated rings. The number of hydrogen-bond donors (Lipinski definition) is 0. The van der Waals surface area contributed by atoms with Crippen molar-refractivity contribution in [2.24, 2.45) is 0 Å². The second-order valence-corrected chi connectivity index (χ2v) is 5.58. The van der Waals surface area contributed by atoms with Gasteiger partial charge in [-0.15, -0.1) is 0 Å². The maximum absolute atomic E-state index is 12.6. The van der Waals surface area contributed by atoms with Crippen LogP contribution in [0.25, 0.3) is 0 Å². The van der Waals surface area contributed by atoms with Crippen molar-refractivity contribution in [1.29, 1.82) is 0 Å². The van der Waals surface area contributed by atoms with E-state index in [0.29, 0.717) is 13.1 Å². The molecule has 1 aromatic carbocycles. The van der Waals surface area contributed by atoms with Gasteiger partial charge in [-0.3, -0.25) is 9.69 Å². The molecule has 2 aromatic rings. The maximum Gasteiger partial charge on any atom is 0.177 e. The monoisotopic (exact) mass is 285 g/mol. The first kappa shape index (κ1) is 15.5. The van der Waals surface area contributed by atoms with Crippen LogP contribution in [-0.2, 0) is 6.54 Å². The molecule has 0 saturated heterocycles. The van der Waals surface area contributed by atoms with E-state index >= 15 is 0 Å². The van der Waals surface area contributed by atoms with Crippen LogP contribution in [0.5, 0.6) is 0 Å². The van der Waals surface area contributed by atoms with Crippen LogP contribution in [0.1, 0.15) is 39.7 Å². The van der Waals surface area contributed by atoms with Gasteiger partial charge in [-0.1, -0.05) is 24.6 Å². The van der Waals surface area contributed by atoms with Gasteiger partial charge in [0.25, 0.3) is 0 Å². The van der Waals surface area contributed by atoms with E-state index in [-0.39, 0.29) is 5.78 Å². The molecule has 1 heterocycles. The quantitative estimate of drug-likeness (QED) is 0.754. The molecule has 0 aliphatic heterocycles. The van der Waals surface area contributed by atoms with Crippen molar-refractivity contribution in [3.8, 4) is 0 Å². The molecule has 0 aliphatic carbocycles. The molecule has 3 heteroatoms. The Hall–Kier alpha value is -1.87. The predicted molar refractivity (Wildman–Crippen MR) is 84.6 cm³/mol. The van der Waals surface area contributed by atoms with Crippen LogP contribution in [0.15, 0.2) is 34.9 Å². The molecule has 112 valence electrons. The summed E-state index contributed by atoms with van der Waals surface area (Å²) in [6.45, 7) is 10.0. The van der Waals surface area contributed by atoms with Gasteiger partial charge in [-0.2, -0.15) is 0 Å². The van der Waals surface area contributed by atoms with E-state index in [1.807, 2.05) is 26.0 Å². The number of Topliss-reactive ketones (excluding diaryl/α,β-unsaturated/α-hetero) is 1. The first-order valence-corrected chi connectivity index (χ1v) is 7.37. The minimum atomic E-state index is 0.179. The van der Waals surface area contributed by atoms with Crippen LogP contribution in [0.4, 0.5) is 0 Å². The molecule has 0 N–H and O–H groups in total. The van der Waals surface area contributed by atoms with Gasteiger partial charge in [-0.05, 0) is 50.6 Å². The summed E-state index contributed by atoms with van der Waals surface area (Å²) in [4.78, 5) is 14.7. The number of rotatable bonds is 6. The van der Waals surface area contributed by atoms with Crippen LogP contribution < -0.4 is 0 Å². The number of hydrogen-bond acceptors (Lipinski definition) is 3. The highest BCUT2D eigenvalue weighted by atomic mass is 16.3. The second-order valence-electron chi connectivity index (χ2n) is 5.58. The fourth-order valence-electron chi connectivity index (χ4n) is 2.80. The first-order chi connectivity index (χ1) is 10.0. The summed E-state index contributed by atoms with van der Waals surface area (Å²) >= 11 is 0. The average Bonchev–Trinajstić information content (AvgIpc) is 2.89. The van der Waals surface area contributed by atoms with Crippen LogP contribution >= 0.6 is 0 Å². The minimum Gasteiger partial charge on any atom is -0.468 e. The van der Waals surface area contributed by atoms with Gasteiger partial charge in [0.05, 0.1) is 19.4 Å². The standard InChI is InChI=1S/C18H23NO2/c1-5-19(11-16-7-6-8-21-16)12-17(20)18-14(3)9-13(2)10-15(18)4/h6-10H,5,11-12H2,1-4H3. The van der Waals surface area contributed by atoms with E-state index < -0.39 is 0 Å². The van der Waals surface area contributed by atoms with Crippen molar-refractivity contribution >= 4 is 5.78 Å². The summed E-state index contributed by atoms with van der Waals surface area (Å²) in [5.74, 6) is 1.07. The third-order valence-corrected chi connectivity index (χ3v) is 3.73. The van der Waals surface area contributed by atoms with Gasteiger partial charge in [0, 0.05) is 5.56 Å². The second kappa shape index (κ2) is 6.72. The largest absolute Gasteiger partial charge is 0.468 e. The molecule has 0 spiro atoms. The molecule has 21 heavy (non-hydrogen) atoms. The normalized spacial score (nSPS) is 11.1. The summed E-state index contributed by atoms with van der Waals surface area (Å²) in [5, 5.41) is 0. The highest BCUT2D eigenvalue weighted by Crippen LogP contribution is 2.18. The van der Waals surface area contributed by atoms with Gasteiger partial charge in [0.15, 0.2) is 5.78 Å². The van der Waals surface area contributed by atoms with Gasteiger partial charge in [0.1, 0.15) is 5.76 Å². The predicted octanol–water partition coefficient (Wildman–Crippen LogP) is 3.91. The maximum atomic E-state index is 12.6. The number of carbonyl (C=O) groups excluding carboxylic acids is 1. The van der Waals surface area contributed by atoms with E-state index in [9.17, 15) is 4.79 Å². The van der Waals surface area contributed by atoms with Crippen LogP contribution in [0.2, 0.25) is 0 Å². The zero-order valence-electron chi connectivity index (χ0n) is 13.3. The lowest BCUT2D eigenvalue weighted by atomic mass is 9.96. The fourth-order valence-corrected chi connectivity index (χ4v) is 2.80. The molecule has 3 nitrogen and oxygen atoms in total. The number of carbonyl (C=O) groups is 1. The Bertz CT molecular complexity index is 591. The molecule has 0 unspecified atom stereocenters. The number of benzene rings is 1. The number of likely N-dealkylation sites (N-methyl/N-ethyl adjacent to an activating group) is 1. The van der Waals surface area contributed by atoms with Crippen LogP contribution in [-0.4, -0.2) is 23.8 Å². The van der Waals surface area contributed by atoms with Crippen molar-refractivity contribution in [1.82, 2.24) is 4.90 Å². The van der Waals surface area contributed by atoms with E-state index in [1.54, 1.807) is 6.26 Å². The van der Waals surface area contributed by atoms with Gasteiger partial charge < -0.3 is 4.42 Å². The molecule has 0 radical (unpaired) electrons. The Kier molecular flexibility index (Phi) is 4.97. The fraction of sp³-hybridized carbons (Fsp3) is 0.389. The highest BCUT2D eigenvalue weighted by Gasteiger charge is 2.16. The van der Waals surface area contributed by atoms with Crippen molar-refractivity contribution in [2.75, 3.05) is 13.1 Å². The Morgan fingerprint density at radius 1 is 1.19 bits per heavy atom. The number of ketones is 1. The molecule has 0 bridgehead atoms. The lowest BCUT2D eigenvalue weighted by Gasteiger charge is -2.19. The van der Waals surface area contributed by atoms with Gasteiger partial charge in [-0.25, -0.2) is 0 Å². The first-order valence-electron chi connectivity index (χ1n) is 7.37. The molecular formula is C18H23NO2. The summed E-state index contributed by atoms with van der Waals surface area (Å²) < 4.78 is 5.36. The SMILES string of the molecule is CCN(CC(=O)c1c(C)cc(C)cc1C)Cc1ccco1. The Morgan fingerprint density at radius 3 is 2.38 bits per heavy atom. The van der Waals surface area contributed by atoms with E-state index in [4.69, 9.17) is 4.42 Å². The topological polar surface area (TPSA) is 33.5 Å². The molecule has 0 atom stereocenters. The Balaban J connectivity index is 2.13. The number of aryl methyl sites for hydroxylation is 3. The zero-order chi connectivity index (χ0) is 15.4. The third kappa shape index (κ3) is 3.82. The highest BCUT2D eigenvalue weighted by molar-refractivity contribution is 6.00. The molecular weight excluding hydrogens is 262 g/mol. The van der Waals surface area contributed by atoms with Crippen molar-refractivity contribution in [3.63, 3.8) is 0 Å². The molecule has 1 aromatic heterocycles. The summed E-state index contributed by atoms with van der Waals surface area (Å²) in [6.07, 6.45) is 1.67. The van der Waals surface area contributed by atoms with Crippen LogP contribution in [0.3, 0.4) is 0 Å². The van der Waals surface area contributed by atoms with E-state index in [2.05, 4.69) is 30.9 Å². The number of nitrogens with zero attached hydrogens (tertiary/aromatic N) is 1. The average molecular weight is 285 g/mol. The Labute approximate surface area is 126 Å². The summed E-state index contributed by atoms with van der Waals surface area (Å²) in [7, 11) is 0. The lowest BCUT2D eigenvalue weighted by molar-refractivity contribution is 0.0923. The van der Waals surface area contributed by atoms with Crippen molar-refractivity contribution in [2.45, 2.75) is 34.2 Å². The van der Waals surface area contributed by atoms with Crippen LogP contribution in [0, 0.1) is 20.8 Å². The summed E-state index contributed by atoms with van der Waals surface area (Å²) in [6, 6.07) is 7.96. The molecule has 0 amide bonds. The molecule has 0 saturated carbocycles. The molecule has 0 aliphatic rings.